The van der Waals surface area contributed by atoms with Gasteiger partial charge in [0.1, 0.15) is 0 Å². The van der Waals surface area contributed by atoms with Gasteiger partial charge in [-0.25, -0.2) is 9.59 Å². The monoisotopic (exact) mass is 336 g/mol. The Labute approximate surface area is 131 Å². The van der Waals surface area contributed by atoms with E-state index in [-0.39, 0.29) is 11.7 Å². The number of amides is 6. The summed E-state index contributed by atoms with van der Waals surface area (Å²) in [5.74, 6) is -0.0780. The van der Waals surface area contributed by atoms with Gasteiger partial charge in [-0.3, -0.25) is 20.2 Å². The van der Waals surface area contributed by atoms with Crippen molar-refractivity contribution in [2.24, 2.45) is 0 Å². The van der Waals surface area contributed by atoms with Crippen LogP contribution in [-0.4, -0.2) is 48.5 Å². The lowest BCUT2D eigenvalue weighted by Crippen LogP contribution is -2.40. The summed E-state index contributed by atoms with van der Waals surface area (Å²) in [6, 6.07) is -1.03. The van der Waals surface area contributed by atoms with Gasteiger partial charge in [0.25, 0.3) is 0 Å². The Balaban J connectivity index is 3.50. The summed E-state index contributed by atoms with van der Waals surface area (Å²) in [6.07, 6.45) is 0.802. The molecular weight excluding hydrogens is 316 g/mol. The van der Waals surface area contributed by atoms with Gasteiger partial charge in [-0.2, -0.15) is 0 Å². The van der Waals surface area contributed by atoms with Crippen molar-refractivity contribution in [2.45, 2.75) is 20.3 Å². The molecule has 6 amide bonds. The molecule has 0 aromatic carbocycles. The minimum Gasteiger partial charge on any atom is -0.338 e. The molecule has 0 radical (unpaired) electrons. The van der Waals surface area contributed by atoms with Gasteiger partial charge in [0, 0.05) is 25.8 Å². The first-order chi connectivity index (χ1) is 9.95. The number of carbonyl (C=O) groups excluding carboxylic acids is 4. The Hall–Kier alpha value is -1.42. The summed E-state index contributed by atoms with van der Waals surface area (Å²) in [5.41, 5.74) is 0. The minimum absolute atomic E-state index is 0.143. The molecule has 0 aromatic heterocycles. The Bertz CT molecular complexity index is 379. The standard InChI is InChI=1S/C11H20N4O4S2/c1-3-4-12-11(19)15-9(17)7-21-20-6-5-13-10(18)14-8(2)16/h3-7H2,1-2H3,(H2,12,15,17,19)(H2,13,14,16,18). The second-order valence-corrected chi connectivity index (χ2v) is 6.41. The Morgan fingerprint density at radius 1 is 0.905 bits per heavy atom. The van der Waals surface area contributed by atoms with Crippen LogP contribution in [0.25, 0.3) is 0 Å². The Morgan fingerprint density at radius 3 is 2.14 bits per heavy atom. The maximum Gasteiger partial charge on any atom is 0.321 e. The molecule has 8 nitrogen and oxygen atoms in total. The molecule has 0 aliphatic carbocycles. The van der Waals surface area contributed by atoms with E-state index < -0.39 is 18.0 Å². The lowest BCUT2D eigenvalue weighted by atomic mass is 10.5. The molecule has 0 unspecified atom stereocenters. The van der Waals surface area contributed by atoms with E-state index in [1.807, 2.05) is 6.92 Å². The molecule has 120 valence electrons. The predicted octanol–water partition coefficient (Wildman–Crippen LogP) is 0.449. The highest BCUT2D eigenvalue weighted by molar-refractivity contribution is 8.76. The van der Waals surface area contributed by atoms with Crippen molar-refractivity contribution in [2.75, 3.05) is 24.6 Å². The van der Waals surface area contributed by atoms with E-state index in [0.717, 1.165) is 6.42 Å². The molecule has 0 saturated carbocycles. The summed E-state index contributed by atoms with van der Waals surface area (Å²) >= 11 is 0. The van der Waals surface area contributed by atoms with Crippen LogP contribution in [-0.2, 0) is 9.59 Å². The zero-order valence-corrected chi connectivity index (χ0v) is 13.6. The van der Waals surface area contributed by atoms with E-state index in [2.05, 4.69) is 21.3 Å². The smallest absolute Gasteiger partial charge is 0.321 e. The van der Waals surface area contributed by atoms with Crippen LogP contribution in [0, 0.1) is 0 Å². The van der Waals surface area contributed by atoms with Crippen molar-refractivity contribution in [3.63, 3.8) is 0 Å². The van der Waals surface area contributed by atoms with E-state index in [4.69, 9.17) is 0 Å². The summed E-state index contributed by atoms with van der Waals surface area (Å²) < 4.78 is 0. The van der Waals surface area contributed by atoms with E-state index >= 15 is 0 Å². The second kappa shape index (κ2) is 12.3. The SMILES string of the molecule is CCCNC(=O)NC(=O)CSSCCNC(=O)NC(C)=O. The molecular formula is C11H20N4O4S2. The highest BCUT2D eigenvalue weighted by Crippen LogP contribution is 2.19. The fourth-order valence-corrected chi connectivity index (χ4v) is 2.75. The lowest BCUT2D eigenvalue weighted by Gasteiger charge is -2.06. The van der Waals surface area contributed by atoms with Crippen LogP contribution < -0.4 is 21.3 Å². The van der Waals surface area contributed by atoms with E-state index in [1.54, 1.807) is 0 Å². The highest BCUT2D eigenvalue weighted by atomic mass is 33.1. The van der Waals surface area contributed by atoms with Crippen LogP contribution in [0.15, 0.2) is 0 Å². The quantitative estimate of drug-likeness (QED) is 0.378. The average molecular weight is 336 g/mol. The van der Waals surface area contributed by atoms with E-state index in [1.165, 1.54) is 28.5 Å². The van der Waals surface area contributed by atoms with Crippen LogP contribution in [0.4, 0.5) is 9.59 Å². The molecule has 0 aromatic rings. The molecule has 0 rings (SSSR count). The fourth-order valence-electron chi connectivity index (χ4n) is 1.01. The number of nitrogens with one attached hydrogen (secondary N) is 4. The molecule has 0 spiro atoms. The zero-order valence-electron chi connectivity index (χ0n) is 12.0. The maximum atomic E-state index is 11.4. The summed E-state index contributed by atoms with van der Waals surface area (Å²) in [7, 11) is 2.66. The van der Waals surface area contributed by atoms with Crippen LogP contribution >= 0.6 is 21.6 Å². The van der Waals surface area contributed by atoms with Crippen molar-refractivity contribution in [1.82, 2.24) is 21.3 Å². The first kappa shape index (κ1) is 19.6. The fraction of sp³-hybridized carbons (Fsp3) is 0.636. The summed E-state index contributed by atoms with van der Waals surface area (Å²) in [4.78, 5) is 44.1. The molecule has 4 N–H and O–H groups in total. The summed E-state index contributed by atoms with van der Waals surface area (Å²) in [5, 5.41) is 9.30. The minimum atomic E-state index is -0.543. The average Bonchev–Trinajstić information content (AvgIpc) is 2.39. The molecule has 0 saturated heterocycles. The van der Waals surface area contributed by atoms with Gasteiger partial charge in [0.2, 0.25) is 11.8 Å². The van der Waals surface area contributed by atoms with E-state index in [9.17, 15) is 19.2 Å². The molecule has 0 bridgehead atoms. The van der Waals surface area contributed by atoms with Gasteiger partial charge in [0.15, 0.2) is 0 Å². The number of hydrogen-bond acceptors (Lipinski definition) is 6. The summed E-state index contributed by atoms with van der Waals surface area (Å²) in [6.45, 7) is 4.06. The van der Waals surface area contributed by atoms with Gasteiger partial charge in [-0.15, -0.1) is 0 Å². The maximum absolute atomic E-state index is 11.4. The topological polar surface area (TPSA) is 116 Å². The number of rotatable bonds is 8. The van der Waals surface area contributed by atoms with Crippen LogP contribution in [0.3, 0.4) is 0 Å². The molecule has 0 heterocycles. The molecule has 0 aliphatic heterocycles. The van der Waals surface area contributed by atoms with E-state index in [0.29, 0.717) is 18.8 Å². The van der Waals surface area contributed by atoms with Gasteiger partial charge in [-0.1, -0.05) is 28.5 Å². The number of imide groups is 2. The van der Waals surface area contributed by atoms with Crippen molar-refractivity contribution < 1.29 is 19.2 Å². The molecule has 10 heteroatoms. The van der Waals surface area contributed by atoms with Crippen molar-refractivity contribution in [3.8, 4) is 0 Å². The molecule has 0 atom stereocenters. The largest absolute Gasteiger partial charge is 0.338 e. The number of hydrogen-bond donors (Lipinski definition) is 4. The second-order valence-electron chi connectivity index (χ2n) is 3.83. The third-order valence-electron chi connectivity index (χ3n) is 1.82. The molecule has 0 fully saturated rings. The molecule has 0 aliphatic rings. The molecule has 21 heavy (non-hydrogen) atoms. The first-order valence-electron chi connectivity index (χ1n) is 6.33. The van der Waals surface area contributed by atoms with Gasteiger partial charge >= 0.3 is 12.1 Å². The van der Waals surface area contributed by atoms with Crippen LogP contribution in [0.2, 0.25) is 0 Å². The van der Waals surface area contributed by atoms with Gasteiger partial charge in [0.05, 0.1) is 5.75 Å². The number of carbonyl (C=O) groups is 4. The van der Waals surface area contributed by atoms with Gasteiger partial charge < -0.3 is 10.6 Å². The van der Waals surface area contributed by atoms with Crippen molar-refractivity contribution >= 4 is 45.5 Å². The first-order valence-corrected chi connectivity index (χ1v) is 8.82. The van der Waals surface area contributed by atoms with Crippen LogP contribution in [0.1, 0.15) is 20.3 Å². The van der Waals surface area contributed by atoms with Crippen LogP contribution in [0.5, 0.6) is 0 Å². The predicted molar refractivity (Wildman–Crippen MR) is 84.0 cm³/mol. The Morgan fingerprint density at radius 2 is 1.52 bits per heavy atom. The van der Waals surface area contributed by atoms with Gasteiger partial charge in [-0.05, 0) is 6.42 Å². The third kappa shape index (κ3) is 13.3. The third-order valence-corrected chi connectivity index (χ3v) is 4.09. The zero-order chi connectivity index (χ0) is 16.1. The lowest BCUT2D eigenvalue weighted by molar-refractivity contribution is -0.118. The van der Waals surface area contributed by atoms with Crippen molar-refractivity contribution in [1.29, 1.82) is 0 Å². The van der Waals surface area contributed by atoms with Crippen molar-refractivity contribution in [3.05, 3.63) is 0 Å². The Kier molecular flexibility index (Phi) is 11.5. The highest BCUT2D eigenvalue weighted by Gasteiger charge is 2.07. The normalized spacial score (nSPS) is 9.62. The number of urea groups is 2.